The summed E-state index contributed by atoms with van der Waals surface area (Å²) in [6.07, 6.45) is 1.85. The fourth-order valence-electron chi connectivity index (χ4n) is 4.64. The second-order valence-electron chi connectivity index (χ2n) is 8.76. The molecular formula is C25H32N4O2+2. The van der Waals surface area contributed by atoms with E-state index in [2.05, 4.69) is 22.4 Å². The first kappa shape index (κ1) is 21.3. The number of quaternary nitrogens is 2. The second-order valence-corrected chi connectivity index (χ2v) is 8.76. The van der Waals surface area contributed by atoms with E-state index in [9.17, 15) is 9.59 Å². The molecule has 1 amide bonds. The highest BCUT2D eigenvalue weighted by molar-refractivity contribution is 6.10. The molecule has 1 fully saturated rings. The Bertz CT molecular complexity index is 1040. The number of aromatic nitrogens is 1. The molecule has 0 saturated carbocycles. The van der Waals surface area contributed by atoms with Gasteiger partial charge >= 0.3 is 0 Å². The van der Waals surface area contributed by atoms with Crippen LogP contribution in [0.4, 0.5) is 0 Å². The average molecular weight is 421 g/mol. The summed E-state index contributed by atoms with van der Waals surface area (Å²) in [4.78, 5) is 31.7. The van der Waals surface area contributed by atoms with Gasteiger partial charge in [0.2, 0.25) is 5.78 Å². The van der Waals surface area contributed by atoms with Crippen LogP contribution in [0.5, 0.6) is 0 Å². The van der Waals surface area contributed by atoms with E-state index in [1.165, 1.54) is 9.80 Å². The molecule has 2 aromatic carbocycles. The number of H-pyrrole nitrogens is 1. The van der Waals surface area contributed by atoms with Crippen molar-refractivity contribution in [2.75, 3.05) is 32.7 Å². The zero-order valence-electron chi connectivity index (χ0n) is 18.3. The summed E-state index contributed by atoms with van der Waals surface area (Å²) in [7, 11) is 0. The van der Waals surface area contributed by atoms with Crippen LogP contribution in [0, 0.1) is 0 Å². The third-order valence-electron chi connectivity index (χ3n) is 6.12. The van der Waals surface area contributed by atoms with Crippen LogP contribution in [0.25, 0.3) is 10.9 Å². The molecular weight excluding hydrogens is 388 g/mol. The van der Waals surface area contributed by atoms with Gasteiger partial charge in [-0.05, 0) is 19.9 Å². The number of nitrogens with one attached hydrogen (secondary N) is 4. The van der Waals surface area contributed by atoms with Crippen molar-refractivity contribution >= 4 is 22.6 Å². The number of rotatable bonds is 7. The lowest BCUT2D eigenvalue weighted by Crippen LogP contribution is -3.28. The summed E-state index contributed by atoms with van der Waals surface area (Å²) in [6.45, 7) is 7.94. The SMILES string of the molecule is CC(C)NC(=O)C[NH+]1CC[NH+]([C@@H](C(=O)c2c[nH]c3ccccc23)c2ccccc2)CC1. The van der Waals surface area contributed by atoms with Crippen molar-refractivity contribution in [3.63, 3.8) is 0 Å². The van der Waals surface area contributed by atoms with Crippen LogP contribution in [-0.2, 0) is 4.79 Å². The second kappa shape index (κ2) is 9.45. The van der Waals surface area contributed by atoms with Crippen molar-refractivity contribution in [2.24, 2.45) is 0 Å². The van der Waals surface area contributed by atoms with Crippen LogP contribution in [0.2, 0.25) is 0 Å². The molecule has 6 heteroatoms. The van der Waals surface area contributed by atoms with Gasteiger partial charge in [-0.3, -0.25) is 9.59 Å². The van der Waals surface area contributed by atoms with Crippen molar-refractivity contribution in [3.05, 3.63) is 71.9 Å². The number of fused-ring (bicyclic) bond motifs is 1. The molecule has 4 rings (SSSR count). The van der Waals surface area contributed by atoms with Gasteiger partial charge in [0.25, 0.3) is 5.91 Å². The van der Waals surface area contributed by atoms with Gasteiger partial charge in [0.15, 0.2) is 12.6 Å². The van der Waals surface area contributed by atoms with E-state index in [1.54, 1.807) is 0 Å². The lowest BCUT2D eigenvalue weighted by molar-refractivity contribution is -1.02. The van der Waals surface area contributed by atoms with Crippen LogP contribution >= 0.6 is 0 Å². The number of hydrogen-bond donors (Lipinski definition) is 4. The van der Waals surface area contributed by atoms with Crippen LogP contribution in [0.15, 0.2) is 60.8 Å². The molecule has 3 aromatic rings. The highest BCUT2D eigenvalue weighted by Crippen LogP contribution is 2.23. The van der Waals surface area contributed by atoms with E-state index in [4.69, 9.17) is 0 Å². The highest BCUT2D eigenvalue weighted by atomic mass is 16.2. The fourth-order valence-corrected chi connectivity index (χ4v) is 4.64. The number of hydrogen-bond acceptors (Lipinski definition) is 2. The van der Waals surface area contributed by atoms with Crippen molar-refractivity contribution in [1.29, 1.82) is 0 Å². The number of amides is 1. The average Bonchev–Trinajstić information content (AvgIpc) is 3.19. The first-order valence-corrected chi connectivity index (χ1v) is 11.2. The Labute approximate surface area is 183 Å². The summed E-state index contributed by atoms with van der Waals surface area (Å²) >= 11 is 0. The van der Waals surface area contributed by atoms with Gasteiger partial charge < -0.3 is 20.1 Å². The zero-order chi connectivity index (χ0) is 21.8. The lowest BCUT2D eigenvalue weighted by atomic mass is 9.95. The quantitative estimate of drug-likeness (QED) is 0.418. The molecule has 0 aliphatic carbocycles. The van der Waals surface area contributed by atoms with Crippen molar-refractivity contribution in [1.82, 2.24) is 10.3 Å². The Morgan fingerprint density at radius 3 is 2.35 bits per heavy atom. The smallest absolute Gasteiger partial charge is 0.275 e. The van der Waals surface area contributed by atoms with E-state index < -0.39 is 0 Å². The molecule has 1 atom stereocenters. The monoisotopic (exact) mass is 420 g/mol. The standard InChI is InChI=1S/C25H30N4O2/c1-18(2)27-23(30)17-28-12-14-29(15-13-28)24(19-8-4-3-5-9-19)25(31)21-16-26-22-11-7-6-10-20(21)22/h3-11,16,18,24,26H,12-15,17H2,1-2H3,(H,27,30)/p+2/t24-/m1/s1. The molecule has 0 bridgehead atoms. The minimum atomic E-state index is -0.244. The molecule has 4 N–H and O–H groups in total. The molecule has 0 unspecified atom stereocenters. The molecule has 162 valence electrons. The molecule has 0 radical (unpaired) electrons. The molecule has 1 aliphatic rings. The van der Waals surface area contributed by atoms with Crippen molar-refractivity contribution in [3.8, 4) is 0 Å². The predicted molar refractivity (Wildman–Crippen MR) is 121 cm³/mol. The summed E-state index contributed by atoms with van der Waals surface area (Å²) < 4.78 is 0. The lowest BCUT2D eigenvalue weighted by Gasteiger charge is -2.34. The molecule has 6 nitrogen and oxygen atoms in total. The Morgan fingerprint density at radius 2 is 1.65 bits per heavy atom. The Hall–Kier alpha value is -2.96. The third-order valence-corrected chi connectivity index (χ3v) is 6.12. The van der Waals surface area contributed by atoms with Gasteiger partial charge in [-0.15, -0.1) is 0 Å². The third kappa shape index (κ3) is 4.86. The normalized spacial score (nSPS) is 20.0. The van der Waals surface area contributed by atoms with Crippen LogP contribution in [-0.4, -0.2) is 55.4 Å². The number of piperazine rings is 1. The maximum absolute atomic E-state index is 13.8. The van der Waals surface area contributed by atoms with Gasteiger partial charge in [-0.1, -0.05) is 48.5 Å². The zero-order valence-corrected chi connectivity index (χ0v) is 18.3. The van der Waals surface area contributed by atoms with Crippen molar-refractivity contribution < 1.29 is 19.4 Å². The summed E-state index contributed by atoms with van der Waals surface area (Å²) in [5.41, 5.74) is 2.79. The number of aromatic amines is 1. The van der Waals surface area contributed by atoms with E-state index >= 15 is 0 Å². The Balaban J connectivity index is 1.53. The molecule has 1 aromatic heterocycles. The largest absolute Gasteiger partial charge is 0.360 e. The molecule has 31 heavy (non-hydrogen) atoms. The minimum absolute atomic E-state index is 0.0999. The fraction of sp³-hybridized carbons (Fsp3) is 0.360. The van der Waals surface area contributed by atoms with Crippen molar-refractivity contribution in [2.45, 2.75) is 25.9 Å². The van der Waals surface area contributed by atoms with Gasteiger partial charge in [-0.25, -0.2) is 0 Å². The van der Waals surface area contributed by atoms with Gasteiger partial charge in [0.1, 0.15) is 26.2 Å². The van der Waals surface area contributed by atoms with Crippen LogP contribution in [0.1, 0.15) is 35.8 Å². The first-order valence-electron chi connectivity index (χ1n) is 11.2. The number of carbonyl (C=O) groups excluding carboxylic acids is 2. The number of para-hydroxylation sites is 1. The number of carbonyl (C=O) groups is 2. The number of benzene rings is 2. The summed E-state index contributed by atoms with van der Waals surface area (Å²) in [5.74, 6) is 0.252. The molecule has 1 saturated heterocycles. The first-order chi connectivity index (χ1) is 15.0. The van der Waals surface area contributed by atoms with E-state index in [-0.39, 0.29) is 23.8 Å². The van der Waals surface area contributed by atoms with E-state index in [0.29, 0.717) is 6.54 Å². The van der Waals surface area contributed by atoms with Gasteiger partial charge in [0, 0.05) is 34.3 Å². The highest BCUT2D eigenvalue weighted by Gasteiger charge is 2.37. The molecule has 1 aliphatic heterocycles. The Morgan fingerprint density at radius 1 is 0.968 bits per heavy atom. The number of Topliss-reactive ketones (excluding diaryl/α,β-unsaturated/α-hetero) is 1. The number of ketones is 1. The summed E-state index contributed by atoms with van der Waals surface area (Å²) in [6, 6.07) is 18.0. The van der Waals surface area contributed by atoms with Crippen LogP contribution in [0.3, 0.4) is 0 Å². The minimum Gasteiger partial charge on any atom is -0.360 e. The topological polar surface area (TPSA) is 70.8 Å². The maximum Gasteiger partial charge on any atom is 0.275 e. The van der Waals surface area contributed by atoms with Gasteiger partial charge in [0.05, 0.1) is 0 Å². The van der Waals surface area contributed by atoms with Gasteiger partial charge in [-0.2, -0.15) is 0 Å². The summed E-state index contributed by atoms with van der Waals surface area (Å²) in [5, 5.41) is 3.95. The maximum atomic E-state index is 13.8. The van der Waals surface area contributed by atoms with Crippen LogP contribution < -0.4 is 15.1 Å². The van der Waals surface area contributed by atoms with E-state index in [0.717, 1.165) is 48.2 Å². The predicted octanol–water partition coefficient (Wildman–Crippen LogP) is 0.400. The molecule has 0 spiro atoms. The molecule has 2 heterocycles. The van der Waals surface area contributed by atoms with E-state index in [1.807, 2.05) is 62.5 Å². The Kier molecular flexibility index (Phi) is 6.49.